The molecular weight excluding hydrogens is 272 g/mol. The molecule has 1 aliphatic rings. The van der Waals surface area contributed by atoms with Crippen LogP contribution in [0.1, 0.15) is 25.7 Å². The summed E-state index contributed by atoms with van der Waals surface area (Å²) in [6.45, 7) is 2.76. The van der Waals surface area contributed by atoms with Gasteiger partial charge in [0.05, 0.1) is 18.1 Å². The van der Waals surface area contributed by atoms with E-state index >= 15 is 0 Å². The van der Waals surface area contributed by atoms with Gasteiger partial charge in [0.15, 0.2) is 0 Å². The van der Waals surface area contributed by atoms with Gasteiger partial charge in [-0.3, -0.25) is 15.0 Å². The highest BCUT2D eigenvalue weighted by molar-refractivity contribution is 5.35. The molecule has 1 aromatic carbocycles. The van der Waals surface area contributed by atoms with E-state index in [1.807, 2.05) is 0 Å². The minimum atomic E-state index is -0.421. The Morgan fingerprint density at radius 2 is 2.10 bits per heavy atom. The van der Waals surface area contributed by atoms with E-state index in [2.05, 4.69) is 4.90 Å². The van der Waals surface area contributed by atoms with E-state index in [0.29, 0.717) is 12.4 Å². The van der Waals surface area contributed by atoms with Gasteiger partial charge in [-0.15, -0.1) is 0 Å². The third kappa shape index (κ3) is 4.68. The lowest BCUT2D eigenvalue weighted by atomic mass is 10.0. The van der Waals surface area contributed by atoms with Crippen molar-refractivity contribution in [3.05, 3.63) is 34.4 Å². The zero-order valence-electron chi connectivity index (χ0n) is 12.1. The molecule has 1 aliphatic heterocycles. The minimum absolute atomic E-state index is 0.0708. The SMILES string of the molecule is O=[N+]([O-])c1ccc(OCCCN2CCCCC2CO)cc1. The Morgan fingerprint density at radius 3 is 2.76 bits per heavy atom. The second-order valence-corrected chi connectivity index (χ2v) is 5.32. The van der Waals surface area contributed by atoms with Crippen molar-refractivity contribution in [2.24, 2.45) is 0 Å². The highest BCUT2D eigenvalue weighted by Crippen LogP contribution is 2.18. The van der Waals surface area contributed by atoms with E-state index in [0.717, 1.165) is 25.9 Å². The van der Waals surface area contributed by atoms with Crippen molar-refractivity contribution >= 4 is 5.69 Å². The van der Waals surface area contributed by atoms with Crippen LogP contribution < -0.4 is 4.74 Å². The molecule has 6 nitrogen and oxygen atoms in total. The van der Waals surface area contributed by atoms with Crippen molar-refractivity contribution in [1.29, 1.82) is 0 Å². The van der Waals surface area contributed by atoms with Crippen LogP contribution in [0.15, 0.2) is 24.3 Å². The molecule has 1 aromatic rings. The number of nitro groups is 1. The number of rotatable bonds is 7. The van der Waals surface area contributed by atoms with E-state index < -0.39 is 4.92 Å². The van der Waals surface area contributed by atoms with Crippen molar-refractivity contribution in [2.75, 3.05) is 26.3 Å². The normalized spacial score (nSPS) is 19.4. The molecule has 0 aromatic heterocycles. The van der Waals surface area contributed by atoms with E-state index in [9.17, 15) is 15.2 Å². The molecule has 0 spiro atoms. The van der Waals surface area contributed by atoms with Crippen molar-refractivity contribution < 1.29 is 14.8 Å². The van der Waals surface area contributed by atoms with Crippen molar-refractivity contribution in [3.63, 3.8) is 0 Å². The molecule has 116 valence electrons. The van der Waals surface area contributed by atoms with E-state index in [-0.39, 0.29) is 18.3 Å². The first-order valence-electron chi connectivity index (χ1n) is 7.43. The molecule has 1 fully saturated rings. The monoisotopic (exact) mass is 294 g/mol. The molecule has 1 N–H and O–H groups in total. The summed E-state index contributed by atoms with van der Waals surface area (Å²) in [6, 6.07) is 6.42. The second kappa shape index (κ2) is 7.95. The minimum Gasteiger partial charge on any atom is -0.494 e. The number of likely N-dealkylation sites (tertiary alicyclic amines) is 1. The molecule has 2 rings (SSSR count). The van der Waals surface area contributed by atoms with E-state index in [1.165, 1.54) is 25.0 Å². The smallest absolute Gasteiger partial charge is 0.269 e. The summed E-state index contributed by atoms with van der Waals surface area (Å²) in [5, 5.41) is 19.9. The molecular formula is C15H22N2O4. The number of nitrogens with zero attached hydrogens (tertiary/aromatic N) is 2. The van der Waals surface area contributed by atoms with Gasteiger partial charge in [-0.1, -0.05) is 6.42 Å². The zero-order valence-corrected chi connectivity index (χ0v) is 12.1. The molecule has 0 bridgehead atoms. The highest BCUT2D eigenvalue weighted by atomic mass is 16.6. The lowest BCUT2D eigenvalue weighted by Crippen LogP contribution is -2.42. The summed E-state index contributed by atoms with van der Waals surface area (Å²) in [7, 11) is 0. The van der Waals surface area contributed by atoms with Gasteiger partial charge in [0.1, 0.15) is 5.75 Å². The molecule has 0 saturated carbocycles. The average Bonchev–Trinajstić information content (AvgIpc) is 2.52. The maximum Gasteiger partial charge on any atom is 0.269 e. The van der Waals surface area contributed by atoms with Gasteiger partial charge in [-0.05, 0) is 37.9 Å². The Labute approximate surface area is 124 Å². The van der Waals surface area contributed by atoms with E-state index in [4.69, 9.17) is 4.74 Å². The molecule has 6 heteroatoms. The van der Waals surface area contributed by atoms with Gasteiger partial charge in [-0.25, -0.2) is 0 Å². The van der Waals surface area contributed by atoms with Crippen molar-refractivity contribution in [2.45, 2.75) is 31.7 Å². The largest absolute Gasteiger partial charge is 0.494 e. The van der Waals surface area contributed by atoms with Gasteiger partial charge in [0.2, 0.25) is 0 Å². The second-order valence-electron chi connectivity index (χ2n) is 5.32. The number of aliphatic hydroxyl groups excluding tert-OH is 1. The summed E-state index contributed by atoms with van der Waals surface area (Å²) in [6.07, 6.45) is 4.34. The standard InChI is InChI=1S/C15H22N2O4/c18-12-14-4-1-2-9-16(14)10-3-11-21-15-7-5-13(6-8-15)17(19)20/h5-8,14,18H,1-4,9-12H2. The van der Waals surface area contributed by atoms with Crippen LogP contribution in [-0.4, -0.2) is 47.3 Å². The summed E-state index contributed by atoms with van der Waals surface area (Å²) >= 11 is 0. The molecule has 0 amide bonds. The van der Waals surface area contributed by atoms with Crippen LogP contribution in [0, 0.1) is 10.1 Å². The third-order valence-electron chi connectivity index (χ3n) is 3.87. The number of nitro benzene ring substituents is 1. The Hall–Kier alpha value is -1.66. The van der Waals surface area contributed by atoms with Crippen LogP contribution in [0.25, 0.3) is 0 Å². The lowest BCUT2D eigenvalue weighted by molar-refractivity contribution is -0.384. The van der Waals surface area contributed by atoms with Gasteiger partial charge in [-0.2, -0.15) is 0 Å². The predicted octanol–water partition coefficient (Wildman–Crippen LogP) is 2.21. The Kier molecular flexibility index (Phi) is 5.95. The quantitative estimate of drug-likeness (QED) is 0.474. The van der Waals surface area contributed by atoms with Crippen LogP contribution in [0.3, 0.4) is 0 Å². The van der Waals surface area contributed by atoms with Gasteiger partial charge in [0.25, 0.3) is 5.69 Å². The van der Waals surface area contributed by atoms with Gasteiger partial charge >= 0.3 is 0 Å². The summed E-state index contributed by atoms with van der Waals surface area (Å²) in [4.78, 5) is 12.4. The first kappa shape index (κ1) is 15.7. The van der Waals surface area contributed by atoms with Crippen LogP contribution in [0.2, 0.25) is 0 Å². The first-order valence-corrected chi connectivity index (χ1v) is 7.43. The van der Waals surface area contributed by atoms with Crippen LogP contribution in [0.5, 0.6) is 5.75 Å². The fourth-order valence-electron chi connectivity index (χ4n) is 2.68. The van der Waals surface area contributed by atoms with Crippen molar-refractivity contribution in [1.82, 2.24) is 4.90 Å². The van der Waals surface area contributed by atoms with Gasteiger partial charge < -0.3 is 9.84 Å². The number of non-ortho nitro benzene ring substituents is 1. The summed E-state index contributed by atoms with van der Waals surface area (Å²) in [5.74, 6) is 0.651. The summed E-state index contributed by atoms with van der Waals surface area (Å²) in [5.41, 5.74) is 0.0708. The lowest BCUT2D eigenvalue weighted by Gasteiger charge is -2.34. The molecule has 21 heavy (non-hydrogen) atoms. The van der Waals surface area contributed by atoms with E-state index in [1.54, 1.807) is 12.1 Å². The number of piperidine rings is 1. The number of ether oxygens (including phenoxy) is 1. The molecule has 1 heterocycles. The average molecular weight is 294 g/mol. The van der Waals surface area contributed by atoms with Crippen molar-refractivity contribution in [3.8, 4) is 5.75 Å². The Morgan fingerprint density at radius 1 is 1.33 bits per heavy atom. The molecule has 0 radical (unpaired) electrons. The topological polar surface area (TPSA) is 75.8 Å². The van der Waals surface area contributed by atoms with Crippen LogP contribution in [0.4, 0.5) is 5.69 Å². The molecule has 0 aliphatic carbocycles. The maximum absolute atomic E-state index is 10.5. The molecule has 1 atom stereocenters. The fourth-order valence-corrected chi connectivity index (χ4v) is 2.68. The van der Waals surface area contributed by atoms with Crippen LogP contribution >= 0.6 is 0 Å². The van der Waals surface area contributed by atoms with Gasteiger partial charge in [0, 0.05) is 24.7 Å². The number of benzene rings is 1. The fraction of sp³-hybridized carbons (Fsp3) is 0.600. The predicted molar refractivity (Wildman–Crippen MR) is 79.5 cm³/mol. The van der Waals surface area contributed by atoms with Crippen LogP contribution in [-0.2, 0) is 0 Å². The third-order valence-corrected chi connectivity index (χ3v) is 3.87. The molecule has 1 unspecified atom stereocenters. The first-order chi connectivity index (χ1) is 10.2. The number of aliphatic hydroxyl groups is 1. The number of hydrogen-bond acceptors (Lipinski definition) is 5. The zero-order chi connectivity index (χ0) is 15.1. The maximum atomic E-state index is 10.5. The Bertz CT molecular complexity index is 449. The Balaban J connectivity index is 1.70. The molecule has 1 saturated heterocycles. The number of hydrogen-bond donors (Lipinski definition) is 1. The summed E-state index contributed by atoms with van der Waals surface area (Å²) < 4.78 is 5.59. The highest BCUT2D eigenvalue weighted by Gasteiger charge is 2.20.